The summed E-state index contributed by atoms with van der Waals surface area (Å²) in [7, 11) is 0. The normalized spacial score (nSPS) is 26.4. The number of nitrogens with one attached hydrogen (secondary N) is 1. The molecule has 3 aliphatic heterocycles. The van der Waals surface area contributed by atoms with Gasteiger partial charge in [0, 0.05) is 6.42 Å². The molecule has 0 aromatic carbocycles. The van der Waals surface area contributed by atoms with Crippen molar-refractivity contribution in [2.75, 3.05) is 26.4 Å². The van der Waals surface area contributed by atoms with Crippen molar-refractivity contribution in [1.82, 2.24) is 5.32 Å². The first-order valence-corrected chi connectivity index (χ1v) is 42.1. The quantitative estimate of drug-likeness (QED) is 0.0199. The molecule has 3 rings (SSSR count). The highest BCUT2D eigenvalue weighted by Gasteiger charge is 2.54. The predicted octanol–water partition coefficient (Wildman–Crippen LogP) is 14.5. The van der Waals surface area contributed by atoms with Crippen molar-refractivity contribution in [3.8, 4) is 0 Å². The van der Waals surface area contributed by atoms with Gasteiger partial charge in [0.05, 0.1) is 38.6 Å². The Morgan fingerprint density at radius 2 is 0.624 bits per heavy atom. The van der Waals surface area contributed by atoms with Gasteiger partial charge in [0.25, 0.3) is 0 Å². The second kappa shape index (κ2) is 63.2. The largest absolute Gasteiger partial charge is 0.394 e. The lowest BCUT2D eigenvalue weighted by atomic mass is 9.96. The van der Waals surface area contributed by atoms with Crippen molar-refractivity contribution in [2.45, 2.75) is 465 Å². The van der Waals surface area contributed by atoms with Gasteiger partial charge in [-0.05, 0) is 44.9 Å². The van der Waals surface area contributed by atoms with Crippen LogP contribution in [0.15, 0.2) is 24.3 Å². The van der Waals surface area contributed by atoms with E-state index in [0.29, 0.717) is 6.42 Å². The molecule has 3 saturated heterocycles. The van der Waals surface area contributed by atoms with Crippen molar-refractivity contribution < 1.29 is 89.4 Å². The van der Waals surface area contributed by atoms with Crippen LogP contribution < -0.4 is 5.32 Å². The smallest absolute Gasteiger partial charge is 0.220 e. The summed E-state index contributed by atoms with van der Waals surface area (Å²) >= 11 is 0. The molecule has 0 saturated carbocycles. The Morgan fingerprint density at radius 1 is 0.347 bits per heavy atom. The lowest BCUT2D eigenvalue weighted by molar-refractivity contribution is -0.379. The zero-order chi connectivity index (χ0) is 73.2. The number of amides is 1. The van der Waals surface area contributed by atoms with Crippen LogP contribution in [0.1, 0.15) is 361 Å². The summed E-state index contributed by atoms with van der Waals surface area (Å²) in [4.78, 5) is 13.5. The van der Waals surface area contributed by atoms with Crippen molar-refractivity contribution in [3.63, 3.8) is 0 Å². The highest BCUT2D eigenvalue weighted by atomic mass is 16.8. The summed E-state index contributed by atoms with van der Waals surface area (Å²) in [6, 6.07) is -0.972. The van der Waals surface area contributed by atoms with Gasteiger partial charge in [-0.2, -0.15) is 0 Å². The predicted molar refractivity (Wildman–Crippen MR) is 402 cm³/mol. The molecule has 3 heterocycles. The molecule has 17 unspecified atom stereocenters. The van der Waals surface area contributed by atoms with Crippen LogP contribution >= 0.6 is 0 Å². The van der Waals surface area contributed by atoms with Crippen LogP contribution in [0.4, 0.5) is 0 Å². The minimum Gasteiger partial charge on any atom is -0.394 e. The van der Waals surface area contributed by atoms with Crippen LogP contribution in [0.25, 0.3) is 0 Å². The van der Waals surface area contributed by atoms with E-state index in [1.807, 2.05) is 6.08 Å². The van der Waals surface area contributed by atoms with Crippen molar-refractivity contribution in [3.05, 3.63) is 24.3 Å². The molecule has 0 aromatic rings. The van der Waals surface area contributed by atoms with Gasteiger partial charge in [-0.15, -0.1) is 0 Å². The van der Waals surface area contributed by atoms with Crippen LogP contribution in [0.5, 0.6) is 0 Å². The standard InChI is InChI=1S/C82H155NO18/c1-3-5-7-9-11-13-15-17-19-21-23-25-27-29-31-32-34-36-38-40-42-44-46-48-50-52-54-56-58-60-70(88)83-65(66(87)59-57-55-53-51-49-47-45-43-41-39-37-35-33-30-28-26-24-22-20-18-16-14-12-10-8-6-4-2)64-96-80-76(94)73(91)78(68(62-85)98-80)101-82-77(95)74(92)79(69(63-86)99-82)100-81-75(93)72(90)71(89)67(61-84)97-81/h21,23,57,59,65-69,71-82,84-87,89-95H,3-20,22,24-56,58,60-64H2,1-2H3,(H,83,88)/b23-21-,59-57+. The Labute approximate surface area is 613 Å². The first kappa shape index (κ1) is 93.5. The van der Waals surface area contributed by atoms with E-state index >= 15 is 0 Å². The Morgan fingerprint density at radius 3 is 0.960 bits per heavy atom. The summed E-state index contributed by atoms with van der Waals surface area (Å²) in [5.74, 6) is -0.268. The minimum absolute atomic E-state index is 0.248. The number of hydrogen-bond acceptors (Lipinski definition) is 18. The number of carbonyl (C=O) groups excluding carboxylic acids is 1. The molecule has 3 fully saturated rings. The van der Waals surface area contributed by atoms with Gasteiger partial charge in [0.15, 0.2) is 18.9 Å². The molecular formula is C82H155NO18. The lowest BCUT2D eigenvalue weighted by Crippen LogP contribution is -2.66. The maximum atomic E-state index is 13.5. The fraction of sp³-hybridized carbons (Fsp3) is 0.939. The van der Waals surface area contributed by atoms with Crippen LogP contribution in [0.2, 0.25) is 0 Å². The van der Waals surface area contributed by atoms with E-state index in [-0.39, 0.29) is 18.9 Å². The number of aliphatic hydroxyl groups is 11. The highest BCUT2D eigenvalue weighted by molar-refractivity contribution is 5.76. The van der Waals surface area contributed by atoms with E-state index in [9.17, 15) is 61.0 Å². The van der Waals surface area contributed by atoms with Gasteiger partial charge in [0.1, 0.15) is 73.2 Å². The van der Waals surface area contributed by atoms with Crippen LogP contribution in [-0.2, 0) is 33.2 Å². The SMILES string of the molecule is CCCCCCCCCC/C=C\CCCCCCCCCCCCCCCCCCCC(=O)NC(COC1OC(CO)C(OC2OC(CO)C(OC3OC(CO)C(O)C(O)C3O)C(O)C2O)C(O)C1O)C(O)/C=C/CCCCCCCCCCCCCCCCCCCCCCCCCCC. The molecule has 12 N–H and O–H groups in total. The number of unbranched alkanes of at least 4 members (excludes halogenated alkanes) is 50. The Bertz CT molecular complexity index is 1920. The molecule has 596 valence electrons. The summed E-state index contributed by atoms with van der Waals surface area (Å²) in [5, 5.41) is 121. The number of allylic oxidation sites excluding steroid dienone is 3. The van der Waals surface area contributed by atoms with Crippen molar-refractivity contribution >= 4 is 5.91 Å². The van der Waals surface area contributed by atoms with Crippen molar-refractivity contribution in [2.24, 2.45) is 0 Å². The fourth-order valence-corrected chi connectivity index (χ4v) is 14.5. The Balaban J connectivity index is 1.36. The molecule has 0 bridgehead atoms. The van der Waals surface area contributed by atoms with Gasteiger partial charge < -0.3 is 89.9 Å². The maximum Gasteiger partial charge on any atom is 0.220 e. The van der Waals surface area contributed by atoms with E-state index in [1.54, 1.807) is 6.08 Å². The summed E-state index contributed by atoms with van der Waals surface area (Å²) in [5.41, 5.74) is 0. The van der Waals surface area contributed by atoms with Crippen LogP contribution in [0, 0.1) is 0 Å². The van der Waals surface area contributed by atoms with Crippen LogP contribution in [-0.4, -0.2) is 193 Å². The second-order valence-corrected chi connectivity index (χ2v) is 30.3. The van der Waals surface area contributed by atoms with Gasteiger partial charge in [0.2, 0.25) is 5.91 Å². The van der Waals surface area contributed by atoms with Crippen LogP contribution in [0.3, 0.4) is 0 Å². The molecule has 17 atom stereocenters. The van der Waals surface area contributed by atoms with E-state index in [4.69, 9.17) is 28.4 Å². The lowest BCUT2D eigenvalue weighted by Gasteiger charge is -2.48. The number of ether oxygens (including phenoxy) is 6. The molecule has 3 aliphatic rings. The average molecular weight is 1440 g/mol. The fourth-order valence-electron chi connectivity index (χ4n) is 14.5. The topological polar surface area (TPSA) is 307 Å². The molecule has 19 heteroatoms. The summed E-state index contributed by atoms with van der Waals surface area (Å²) < 4.78 is 34.5. The third kappa shape index (κ3) is 43.2. The first-order valence-electron chi connectivity index (χ1n) is 42.1. The molecule has 0 radical (unpaired) electrons. The Kier molecular flexibility index (Phi) is 58.5. The first-order chi connectivity index (χ1) is 49.3. The summed E-state index contributed by atoms with van der Waals surface area (Å²) in [6.07, 6.45) is 50.3. The maximum absolute atomic E-state index is 13.5. The van der Waals surface area contributed by atoms with Gasteiger partial charge in [-0.3, -0.25) is 4.79 Å². The molecule has 1 amide bonds. The molecule has 101 heavy (non-hydrogen) atoms. The highest BCUT2D eigenvalue weighted by Crippen LogP contribution is 2.33. The third-order valence-corrected chi connectivity index (χ3v) is 21.2. The van der Waals surface area contributed by atoms with E-state index in [0.717, 1.165) is 44.9 Å². The summed E-state index contributed by atoms with van der Waals surface area (Å²) in [6.45, 7) is 1.80. The molecule has 0 aromatic heterocycles. The van der Waals surface area contributed by atoms with Gasteiger partial charge in [-0.25, -0.2) is 0 Å². The number of aliphatic hydroxyl groups excluding tert-OH is 11. The monoisotopic (exact) mass is 1440 g/mol. The van der Waals surface area contributed by atoms with Gasteiger partial charge in [-0.1, -0.05) is 334 Å². The van der Waals surface area contributed by atoms with E-state index in [1.165, 1.54) is 289 Å². The van der Waals surface area contributed by atoms with Crippen molar-refractivity contribution in [1.29, 1.82) is 0 Å². The van der Waals surface area contributed by atoms with E-state index in [2.05, 4.69) is 31.3 Å². The third-order valence-electron chi connectivity index (χ3n) is 21.2. The second-order valence-electron chi connectivity index (χ2n) is 30.3. The van der Waals surface area contributed by atoms with Gasteiger partial charge >= 0.3 is 0 Å². The number of carbonyl (C=O) groups is 1. The average Bonchev–Trinajstić information content (AvgIpc) is 0.796. The molecule has 0 aliphatic carbocycles. The molecule has 0 spiro atoms. The van der Waals surface area contributed by atoms with E-state index < -0.39 is 124 Å². The molecule has 19 nitrogen and oxygen atoms in total. The Hall–Kier alpha value is -1.73. The minimum atomic E-state index is -1.98. The molecular weight excluding hydrogens is 1290 g/mol. The number of hydrogen-bond donors (Lipinski definition) is 12. The number of rotatable bonds is 68. The zero-order valence-electron chi connectivity index (χ0n) is 63.9. The zero-order valence-corrected chi connectivity index (χ0v) is 63.9.